The summed E-state index contributed by atoms with van der Waals surface area (Å²) in [7, 11) is 0. The van der Waals surface area contributed by atoms with Gasteiger partial charge in [-0.25, -0.2) is 0 Å². The second-order valence-electron chi connectivity index (χ2n) is 6.95. The van der Waals surface area contributed by atoms with Crippen molar-refractivity contribution in [1.82, 2.24) is 9.80 Å². The van der Waals surface area contributed by atoms with Gasteiger partial charge in [-0.05, 0) is 56.8 Å². The molecule has 0 N–H and O–H groups in total. The normalized spacial score (nSPS) is 42.5. The van der Waals surface area contributed by atoms with Gasteiger partial charge >= 0.3 is 0 Å². The molecule has 2 heterocycles. The predicted molar refractivity (Wildman–Crippen MR) is 79.1 cm³/mol. The lowest BCUT2D eigenvalue weighted by Crippen LogP contribution is -2.32. The lowest BCUT2D eigenvalue weighted by Gasteiger charge is -2.28. The van der Waals surface area contributed by atoms with Gasteiger partial charge in [0.2, 0.25) is 0 Å². The van der Waals surface area contributed by atoms with Crippen molar-refractivity contribution >= 4 is 0 Å². The molecule has 3 fully saturated rings. The first-order valence-electron chi connectivity index (χ1n) is 8.17. The third kappa shape index (κ3) is 1.92. The molecule has 3 atom stereocenters. The van der Waals surface area contributed by atoms with Crippen molar-refractivity contribution in [2.45, 2.75) is 38.6 Å². The monoisotopic (exact) mass is 258 g/mol. The Morgan fingerprint density at radius 3 is 2.79 bits per heavy atom. The van der Waals surface area contributed by atoms with E-state index in [2.05, 4.69) is 35.0 Å². The van der Waals surface area contributed by atoms with Gasteiger partial charge in [-0.2, -0.15) is 0 Å². The summed E-state index contributed by atoms with van der Waals surface area (Å²) in [4.78, 5) is 5.30. The third-order valence-electron chi connectivity index (χ3n) is 5.93. The van der Waals surface area contributed by atoms with E-state index in [1.807, 2.05) is 0 Å². The lowest BCUT2D eigenvalue weighted by molar-refractivity contribution is 0.281. The Morgan fingerprint density at radius 1 is 1.32 bits per heavy atom. The molecule has 0 aromatic rings. The number of rotatable bonds is 3. The van der Waals surface area contributed by atoms with Crippen molar-refractivity contribution in [3.8, 4) is 0 Å². The number of fused-ring (bicyclic) bond motifs is 1. The van der Waals surface area contributed by atoms with Crippen LogP contribution in [0.25, 0.3) is 0 Å². The van der Waals surface area contributed by atoms with E-state index in [9.17, 15) is 0 Å². The number of nitrogens with zero attached hydrogens (tertiary/aromatic N) is 2. The van der Waals surface area contributed by atoms with Crippen molar-refractivity contribution in [1.29, 1.82) is 0 Å². The molecule has 0 radical (unpaired) electrons. The predicted octanol–water partition coefficient (Wildman–Crippen LogP) is 2.68. The number of hydrogen-bond acceptors (Lipinski definition) is 2. The highest BCUT2D eigenvalue weighted by Gasteiger charge is 2.60. The summed E-state index contributed by atoms with van der Waals surface area (Å²) >= 11 is 0. The molecule has 2 saturated heterocycles. The zero-order valence-corrected chi connectivity index (χ0v) is 12.1. The van der Waals surface area contributed by atoms with E-state index in [1.165, 1.54) is 58.4 Å². The Morgan fingerprint density at radius 2 is 2.16 bits per heavy atom. The first kappa shape index (κ1) is 12.2. The summed E-state index contributed by atoms with van der Waals surface area (Å²) in [6.07, 6.45) is 13.1. The summed E-state index contributed by atoms with van der Waals surface area (Å²) in [5.41, 5.74) is 2.24. The van der Waals surface area contributed by atoms with Crippen molar-refractivity contribution in [2.75, 3.05) is 32.7 Å². The highest BCUT2D eigenvalue weighted by molar-refractivity contribution is 5.40. The van der Waals surface area contributed by atoms with E-state index in [4.69, 9.17) is 0 Å². The van der Waals surface area contributed by atoms with E-state index in [0.717, 1.165) is 5.92 Å². The molecule has 104 valence electrons. The van der Waals surface area contributed by atoms with Gasteiger partial charge in [-0.1, -0.05) is 25.2 Å². The van der Waals surface area contributed by atoms with Crippen LogP contribution in [0.4, 0.5) is 0 Å². The van der Waals surface area contributed by atoms with Crippen LogP contribution < -0.4 is 0 Å². The number of hydrogen-bond donors (Lipinski definition) is 0. The highest BCUT2D eigenvalue weighted by Crippen LogP contribution is 2.62. The van der Waals surface area contributed by atoms with Gasteiger partial charge in [-0.15, -0.1) is 0 Å². The molecule has 0 amide bonds. The molecule has 2 aliphatic carbocycles. The average Bonchev–Trinajstić information content (AvgIpc) is 2.89. The molecule has 2 heteroatoms. The van der Waals surface area contributed by atoms with Crippen molar-refractivity contribution < 1.29 is 0 Å². The number of piperidine rings is 1. The van der Waals surface area contributed by atoms with Crippen LogP contribution in [-0.4, -0.2) is 48.6 Å². The van der Waals surface area contributed by atoms with Gasteiger partial charge in [0.05, 0.1) is 0 Å². The quantitative estimate of drug-likeness (QED) is 0.768. The zero-order valence-electron chi connectivity index (χ0n) is 12.1. The average molecular weight is 258 g/mol. The van der Waals surface area contributed by atoms with E-state index in [1.54, 1.807) is 5.57 Å². The van der Waals surface area contributed by atoms with Crippen LogP contribution in [0.15, 0.2) is 23.8 Å². The Kier molecular flexibility index (Phi) is 2.85. The highest BCUT2D eigenvalue weighted by atomic mass is 15.2. The Hall–Kier alpha value is -0.600. The first-order valence-corrected chi connectivity index (χ1v) is 8.17. The van der Waals surface area contributed by atoms with Gasteiger partial charge < -0.3 is 4.90 Å². The maximum atomic E-state index is 2.67. The minimum atomic E-state index is 0.572. The summed E-state index contributed by atoms with van der Waals surface area (Å²) < 4.78 is 0. The van der Waals surface area contributed by atoms with Crippen molar-refractivity contribution in [3.63, 3.8) is 0 Å². The van der Waals surface area contributed by atoms with Crippen molar-refractivity contribution in [2.24, 2.45) is 11.3 Å². The zero-order chi connectivity index (χ0) is 12.9. The van der Waals surface area contributed by atoms with Gasteiger partial charge in [0, 0.05) is 24.5 Å². The Balaban J connectivity index is 1.44. The summed E-state index contributed by atoms with van der Waals surface area (Å²) in [6, 6.07) is 0.698. The summed E-state index contributed by atoms with van der Waals surface area (Å²) in [5.74, 6) is 0.965. The van der Waals surface area contributed by atoms with E-state index in [0.29, 0.717) is 11.5 Å². The minimum absolute atomic E-state index is 0.572. The second-order valence-corrected chi connectivity index (χ2v) is 6.95. The third-order valence-corrected chi connectivity index (χ3v) is 5.93. The second kappa shape index (κ2) is 4.46. The molecule has 4 aliphatic rings. The molecule has 19 heavy (non-hydrogen) atoms. The van der Waals surface area contributed by atoms with Crippen LogP contribution >= 0.6 is 0 Å². The SMILES string of the molecule is CCN1C[C@H]2C[C@@]2(C2=CCC(N3CCCC3)C=C2)C1. The lowest BCUT2D eigenvalue weighted by atomic mass is 9.88. The molecule has 2 aliphatic heterocycles. The standard InChI is InChI=1S/C17H26N2/c1-2-18-12-15-11-17(15,13-18)14-5-7-16(8-6-14)19-9-3-4-10-19/h5-7,15-16H,2-4,8-13H2,1H3/t15-,16?,17+/m1/s1. The smallest absolute Gasteiger partial charge is 0.0316 e. The van der Waals surface area contributed by atoms with Gasteiger partial charge in [0.1, 0.15) is 0 Å². The fourth-order valence-electron chi connectivity index (χ4n) is 4.60. The van der Waals surface area contributed by atoms with Crippen LogP contribution in [-0.2, 0) is 0 Å². The molecule has 0 bridgehead atoms. The van der Waals surface area contributed by atoms with E-state index >= 15 is 0 Å². The topological polar surface area (TPSA) is 6.48 Å². The van der Waals surface area contributed by atoms with Gasteiger partial charge in [0.25, 0.3) is 0 Å². The number of allylic oxidation sites excluding steroid dienone is 1. The van der Waals surface area contributed by atoms with E-state index < -0.39 is 0 Å². The van der Waals surface area contributed by atoms with Crippen LogP contribution in [0.3, 0.4) is 0 Å². The van der Waals surface area contributed by atoms with Gasteiger partial charge in [0.15, 0.2) is 0 Å². The molecule has 0 aromatic heterocycles. The Labute approximate surface area is 117 Å². The molecule has 0 aromatic carbocycles. The molecular weight excluding hydrogens is 232 g/mol. The Bertz CT molecular complexity index is 419. The minimum Gasteiger partial charge on any atom is -0.302 e. The molecule has 4 rings (SSSR count). The molecule has 2 nitrogen and oxygen atoms in total. The van der Waals surface area contributed by atoms with Crippen LogP contribution in [0.2, 0.25) is 0 Å². The molecule has 1 saturated carbocycles. The van der Waals surface area contributed by atoms with Crippen molar-refractivity contribution in [3.05, 3.63) is 23.8 Å². The van der Waals surface area contributed by atoms with Crippen LogP contribution in [0.5, 0.6) is 0 Å². The maximum Gasteiger partial charge on any atom is 0.0316 e. The van der Waals surface area contributed by atoms with Crippen LogP contribution in [0, 0.1) is 11.3 Å². The summed E-state index contributed by atoms with van der Waals surface area (Å²) in [5, 5.41) is 0. The largest absolute Gasteiger partial charge is 0.302 e. The summed E-state index contributed by atoms with van der Waals surface area (Å²) in [6.45, 7) is 8.82. The first-order chi connectivity index (χ1) is 9.32. The van der Waals surface area contributed by atoms with Crippen LogP contribution in [0.1, 0.15) is 32.6 Å². The van der Waals surface area contributed by atoms with E-state index in [-0.39, 0.29) is 0 Å². The molecule has 1 unspecified atom stereocenters. The number of likely N-dealkylation sites (tertiary alicyclic amines) is 2. The fourth-order valence-corrected chi connectivity index (χ4v) is 4.60. The molecule has 0 spiro atoms. The molecular formula is C17H26N2. The fraction of sp³-hybridized carbons (Fsp3) is 0.765. The van der Waals surface area contributed by atoms with Gasteiger partial charge in [-0.3, -0.25) is 4.90 Å². The maximum absolute atomic E-state index is 2.67.